The molecule has 120 valence electrons. The van der Waals surface area contributed by atoms with E-state index in [1.165, 1.54) is 12.8 Å². The zero-order chi connectivity index (χ0) is 15.8. The minimum absolute atomic E-state index is 0.217. The van der Waals surface area contributed by atoms with Crippen LogP contribution in [0.1, 0.15) is 37.2 Å². The van der Waals surface area contributed by atoms with Crippen LogP contribution in [0.2, 0.25) is 0 Å². The summed E-state index contributed by atoms with van der Waals surface area (Å²) in [5.74, 6) is 0.805. The van der Waals surface area contributed by atoms with Crippen LogP contribution in [-0.2, 0) is 0 Å². The van der Waals surface area contributed by atoms with Crippen molar-refractivity contribution in [1.82, 2.24) is 15.4 Å². The molecule has 2 aromatic rings. The van der Waals surface area contributed by atoms with Crippen molar-refractivity contribution in [3.63, 3.8) is 0 Å². The first-order valence-corrected chi connectivity index (χ1v) is 7.84. The lowest BCUT2D eigenvalue weighted by molar-refractivity contribution is 0.0941. The molecular weight excluding hydrogens is 282 g/mol. The summed E-state index contributed by atoms with van der Waals surface area (Å²) in [6.45, 7) is 7.77. The molecule has 1 fully saturated rings. The lowest BCUT2D eigenvalue weighted by Gasteiger charge is -2.14. The van der Waals surface area contributed by atoms with Gasteiger partial charge in [0, 0.05) is 19.2 Å². The van der Waals surface area contributed by atoms with Crippen LogP contribution in [0.4, 0.5) is 0 Å². The normalized spacial score (nSPS) is 14.5. The van der Waals surface area contributed by atoms with Gasteiger partial charge in [-0.2, -0.15) is 0 Å². The molecule has 0 atom stereocenters. The van der Waals surface area contributed by atoms with Crippen LogP contribution < -0.4 is 5.32 Å². The molecule has 0 saturated carbocycles. The van der Waals surface area contributed by atoms with E-state index in [1.54, 1.807) is 24.5 Å². The summed E-state index contributed by atoms with van der Waals surface area (Å²) in [5.41, 5.74) is 0.276. The van der Waals surface area contributed by atoms with Gasteiger partial charge < -0.3 is 19.2 Å². The Kier molecular flexibility index (Phi) is 6.21. The van der Waals surface area contributed by atoms with E-state index in [4.69, 9.17) is 8.94 Å². The minimum Gasteiger partial charge on any atom is -0.461 e. The highest BCUT2D eigenvalue weighted by Gasteiger charge is 2.16. The smallest absolute Gasteiger partial charge is 0.273 e. The monoisotopic (exact) mass is 305 g/mol. The second-order valence-corrected chi connectivity index (χ2v) is 4.86. The number of amides is 1. The topological polar surface area (TPSA) is 71.5 Å². The van der Waals surface area contributed by atoms with E-state index in [0.717, 1.165) is 19.6 Å². The fraction of sp³-hybridized carbons (Fsp3) is 0.500. The van der Waals surface area contributed by atoms with Crippen LogP contribution in [0.3, 0.4) is 0 Å². The van der Waals surface area contributed by atoms with E-state index in [-0.39, 0.29) is 11.6 Å². The summed E-state index contributed by atoms with van der Waals surface area (Å²) in [6, 6.07) is 5.10. The van der Waals surface area contributed by atoms with Gasteiger partial charge in [0.25, 0.3) is 5.91 Å². The average Bonchev–Trinajstić information content (AvgIpc) is 3.30. The van der Waals surface area contributed by atoms with E-state index in [0.29, 0.717) is 18.1 Å². The summed E-state index contributed by atoms with van der Waals surface area (Å²) < 4.78 is 10.3. The van der Waals surface area contributed by atoms with Crippen molar-refractivity contribution in [1.29, 1.82) is 0 Å². The SMILES string of the molecule is CC.O=C(NCCN1CCCC1)c1cc(-c2ccco2)on1. The van der Waals surface area contributed by atoms with Gasteiger partial charge in [-0.3, -0.25) is 4.79 Å². The Morgan fingerprint density at radius 2 is 2.09 bits per heavy atom. The van der Waals surface area contributed by atoms with Crippen LogP contribution in [0.5, 0.6) is 0 Å². The molecule has 6 heteroatoms. The van der Waals surface area contributed by atoms with Gasteiger partial charge in [-0.1, -0.05) is 19.0 Å². The molecule has 0 spiro atoms. The van der Waals surface area contributed by atoms with Gasteiger partial charge in [0.1, 0.15) is 0 Å². The first kappa shape index (κ1) is 16.3. The first-order valence-electron chi connectivity index (χ1n) is 7.84. The number of hydrogen-bond acceptors (Lipinski definition) is 5. The van der Waals surface area contributed by atoms with Crippen LogP contribution in [0, 0.1) is 0 Å². The minimum atomic E-state index is -0.217. The third kappa shape index (κ3) is 4.21. The molecule has 1 aliphatic heterocycles. The number of nitrogens with one attached hydrogen (secondary N) is 1. The van der Waals surface area contributed by atoms with E-state index < -0.39 is 0 Å². The Balaban J connectivity index is 0.000000847. The van der Waals surface area contributed by atoms with E-state index in [1.807, 2.05) is 13.8 Å². The molecule has 6 nitrogen and oxygen atoms in total. The van der Waals surface area contributed by atoms with Gasteiger partial charge >= 0.3 is 0 Å². The number of furan rings is 1. The quantitative estimate of drug-likeness (QED) is 0.919. The molecule has 1 amide bonds. The lowest BCUT2D eigenvalue weighted by atomic mass is 10.3. The number of nitrogens with zero attached hydrogens (tertiary/aromatic N) is 2. The van der Waals surface area contributed by atoms with Crippen LogP contribution >= 0.6 is 0 Å². The van der Waals surface area contributed by atoms with Crippen molar-refractivity contribution < 1.29 is 13.7 Å². The predicted octanol–water partition coefficient (Wildman–Crippen LogP) is 2.79. The summed E-state index contributed by atoms with van der Waals surface area (Å²) in [6.07, 6.45) is 4.06. The van der Waals surface area contributed by atoms with Crippen LogP contribution in [-0.4, -0.2) is 42.1 Å². The van der Waals surface area contributed by atoms with Gasteiger partial charge in [0.2, 0.25) is 5.76 Å². The van der Waals surface area contributed by atoms with Crippen molar-refractivity contribution in [2.45, 2.75) is 26.7 Å². The summed E-state index contributed by atoms with van der Waals surface area (Å²) in [7, 11) is 0. The highest BCUT2D eigenvalue weighted by atomic mass is 16.5. The van der Waals surface area contributed by atoms with E-state index in [2.05, 4.69) is 15.4 Å². The van der Waals surface area contributed by atoms with Crippen molar-refractivity contribution in [2.75, 3.05) is 26.2 Å². The van der Waals surface area contributed by atoms with Crippen molar-refractivity contribution in [2.24, 2.45) is 0 Å². The van der Waals surface area contributed by atoms with Crippen LogP contribution in [0.15, 0.2) is 33.4 Å². The molecule has 1 N–H and O–H groups in total. The van der Waals surface area contributed by atoms with Gasteiger partial charge in [-0.25, -0.2) is 0 Å². The highest BCUT2D eigenvalue weighted by molar-refractivity contribution is 5.92. The van der Waals surface area contributed by atoms with Gasteiger partial charge in [0.15, 0.2) is 11.5 Å². The zero-order valence-corrected chi connectivity index (χ0v) is 13.2. The molecule has 3 heterocycles. The molecule has 0 aliphatic carbocycles. The van der Waals surface area contributed by atoms with E-state index in [9.17, 15) is 4.79 Å². The molecule has 1 aliphatic rings. The number of carbonyl (C=O) groups excluding carboxylic acids is 1. The average molecular weight is 305 g/mol. The van der Waals surface area contributed by atoms with E-state index >= 15 is 0 Å². The van der Waals surface area contributed by atoms with Gasteiger partial charge in [0.05, 0.1) is 6.26 Å². The van der Waals surface area contributed by atoms with Gasteiger partial charge in [-0.05, 0) is 38.1 Å². The molecule has 0 radical (unpaired) electrons. The Morgan fingerprint density at radius 3 is 2.77 bits per heavy atom. The maximum atomic E-state index is 11.9. The summed E-state index contributed by atoms with van der Waals surface area (Å²) in [5, 5.41) is 6.61. The summed E-state index contributed by atoms with van der Waals surface area (Å²) >= 11 is 0. The number of likely N-dealkylation sites (tertiary alicyclic amines) is 1. The third-order valence-corrected chi connectivity index (χ3v) is 3.42. The van der Waals surface area contributed by atoms with Crippen LogP contribution in [0.25, 0.3) is 11.5 Å². The maximum Gasteiger partial charge on any atom is 0.273 e. The Labute approximate surface area is 130 Å². The Morgan fingerprint density at radius 1 is 1.32 bits per heavy atom. The maximum absolute atomic E-state index is 11.9. The number of carbonyl (C=O) groups is 1. The third-order valence-electron chi connectivity index (χ3n) is 3.42. The molecule has 2 aromatic heterocycles. The number of aromatic nitrogens is 1. The molecule has 0 aromatic carbocycles. The molecular formula is C16H23N3O3. The first-order chi connectivity index (χ1) is 10.8. The van der Waals surface area contributed by atoms with Crippen molar-refractivity contribution in [3.05, 3.63) is 30.2 Å². The second-order valence-electron chi connectivity index (χ2n) is 4.86. The Bertz CT molecular complexity index is 557. The number of rotatable bonds is 5. The second kappa shape index (κ2) is 8.38. The lowest BCUT2D eigenvalue weighted by Crippen LogP contribution is -2.33. The fourth-order valence-corrected chi connectivity index (χ4v) is 2.34. The fourth-order valence-electron chi connectivity index (χ4n) is 2.34. The molecule has 0 unspecified atom stereocenters. The Hall–Kier alpha value is -2.08. The molecule has 1 saturated heterocycles. The van der Waals surface area contributed by atoms with Crippen molar-refractivity contribution in [3.8, 4) is 11.5 Å². The molecule has 0 bridgehead atoms. The largest absolute Gasteiger partial charge is 0.461 e. The standard InChI is InChI=1S/C14H17N3O3.C2H6/c18-14(15-5-8-17-6-1-2-7-17)11-10-13(20-16-11)12-4-3-9-19-12;1-2/h3-4,9-10H,1-2,5-8H2,(H,15,18);1-2H3. The zero-order valence-electron chi connectivity index (χ0n) is 13.2. The molecule has 22 heavy (non-hydrogen) atoms. The molecule has 3 rings (SSSR count). The highest BCUT2D eigenvalue weighted by Crippen LogP contribution is 2.20. The predicted molar refractivity (Wildman–Crippen MR) is 83.6 cm³/mol. The van der Waals surface area contributed by atoms with Gasteiger partial charge in [-0.15, -0.1) is 0 Å². The summed E-state index contributed by atoms with van der Waals surface area (Å²) in [4.78, 5) is 14.3. The number of hydrogen-bond donors (Lipinski definition) is 1. The van der Waals surface area contributed by atoms with Crippen molar-refractivity contribution >= 4 is 5.91 Å².